The highest BCUT2D eigenvalue weighted by atomic mass is 19.1. The van der Waals surface area contributed by atoms with Gasteiger partial charge in [0.05, 0.1) is 17.4 Å². The second-order valence-electron chi connectivity index (χ2n) is 7.38. The second kappa shape index (κ2) is 9.61. The maximum atomic E-state index is 13.0. The number of carbonyl (C=O) groups is 1. The molecule has 1 heterocycles. The first-order valence-corrected chi connectivity index (χ1v) is 10.0. The number of likely N-dealkylation sites (N-methyl/N-ethyl adjacent to an activating group) is 1. The third-order valence-corrected chi connectivity index (χ3v) is 5.37. The minimum atomic E-state index is -0.485. The number of anilines is 1. The number of ether oxygens (including phenoxy) is 1. The number of hydrogen-bond acceptors (Lipinski definition) is 4. The minimum absolute atomic E-state index is 0.263. The third kappa shape index (κ3) is 5.03. The van der Waals surface area contributed by atoms with Crippen molar-refractivity contribution < 1.29 is 13.9 Å². The van der Waals surface area contributed by atoms with E-state index in [1.807, 2.05) is 35.2 Å². The Kier molecular flexibility index (Phi) is 6.91. The van der Waals surface area contributed by atoms with Gasteiger partial charge in [-0.3, -0.25) is 19.2 Å². The molecule has 0 fully saturated rings. The van der Waals surface area contributed by atoms with Crippen LogP contribution in [0.2, 0.25) is 0 Å². The molecule has 0 radical (unpaired) electrons. The van der Waals surface area contributed by atoms with Crippen molar-refractivity contribution >= 4 is 11.6 Å². The van der Waals surface area contributed by atoms with Gasteiger partial charge in [0.15, 0.2) is 0 Å². The summed E-state index contributed by atoms with van der Waals surface area (Å²) in [5.41, 5.74) is 1.37. The van der Waals surface area contributed by atoms with Gasteiger partial charge in [0.1, 0.15) is 23.9 Å². The van der Waals surface area contributed by atoms with E-state index in [4.69, 9.17) is 4.74 Å². The third-order valence-electron chi connectivity index (χ3n) is 5.37. The molecule has 1 unspecified atom stereocenters. The average molecular weight is 426 g/mol. The van der Waals surface area contributed by atoms with Crippen LogP contribution in [0.25, 0.3) is 5.69 Å². The molecule has 0 bridgehead atoms. The van der Waals surface area contributed by atoms with E-state index in [1.165, 1.54) is 16.8 Å². The molecule has 0 aliphatic heterocycles. The molecule has 0 aliphatic rings. The summed E-state index contributed by atoms with van der Waals surface area (Å²) in [6.45, 7) is 4.38. The monoisotopic (exact) mass is 426 g/mol. The van der Waals surface area contributed by atoms with E-state index < -0.39 is 6.04 Å². The molecule has 1 N–H and O–H groups in total. The molecule has 2 aromatic carbocycles. The molecule has 3 aromatic rings. The average Bonchev–Trinajstić information content (AvgIpc) is 2.98. The summed E-state index contributed by atoms with van der Waals surface area (Å²) in [4.78, 5) is 27.6. The number of nitrogens with zero attached hydrogens (tertiary/aromatic N) is 3. The summed E-state index contributed by atoms with van der Waals surface area (Å²) in [6, 6.07) is 14.6. The van der Waals surface area contributed by atoms with Crippen molar-refractivity contribution in [2.45, 2.75) is 19.9 Å². The van der Waals surface area contributed by atoms with Crippen molar-refractivity contribution in [2.24, 2.45) is 7.05 Å². The first-order chi connectivity index (χ1) is 14.8. The number of rotatable bonds is 8. The smallest absolute Gasteiger partial charge is 0.295 e. The Bertz CT molecular complexity index is 1090. The summed E-state index contributed by atoms with van der Waals surface area (Å²) >= 11 is 0. The van der Waals surface area contributed by atoms with Crippen LogP contribution in [0.5, 0.6) is 5.75 Å². The standard InChI is InChI=1S/C23H27FN4O3/c1-16-21(23(30)28(27(16)4)19-8-6-5-7-9-19)25-22(29)17(2)26(3)14-15-31-20-12-10-18(24)11-13-20/h5-13,17H,14-15H2,1-4H3,(H,25,29). The number of para-hydroxylation sites is 1. The zero-order valence-corrected chi connectivity index (χ0v) is 18.1. The Balaban J connectivity index is 1.64. The summed E-state index contributed by atoms with van der Waals surface area (Å²) in [5, 5.41) is 2.79. The van der Waals surface area contributed by atoms with Crippen molar-refractivity contribution in [1.29, 1.82) is 0 Å². The van der Waals surface area contributed by atoms with Gasteiger partial charge >= 0.3 is 0 Å². The lowest BCUT2D eigenvalue weighted by molar-refractivity contribution is -0.120. The van der Waals surface area contributed by atoms with Gasteiger partial charge in [-0.1, -0.05) is 18.2 Å². The van der Waals surface area contributed by atoms with Gasteiger partial charge in [0, 0.05) is 13.6 Å². The van der Waals surface area contributed by atoms with Crippen molar-refractivity contribution in [2.75, 3.05) is 25.5 Å². The van der Waals surface area contributed by atoms with Crippen LogP contribution in [0.4, 0.5) is 10.1 Å². The van der Waals surface area contributed by atoms with Crippen molar-refractivity contribution in [3.05, 3.63) is 76.5 Å². The quantitative estimate of drug-likeness (QED) is 0.601. The second-order valence-corrected chi connectivity index (χ2v) is 7.38. The number of amides is 1. The van der Waals surface area contributed by atoms with Gasteiger partial charge in [0.2, 0.25) is 5.91 Å². The van der Waals surface area contributed by atoms with Crippen LogP contribution in [0.3, 0.4) is 0 Å². The van der Waals surface area contributed by atoms with Crippen LogP contribution in [-0.4, -0.2) is 46.4 Å². The summed E-state index contributed by atoms with van der Waals surface area (Å²) in [6.07, 6.45) is 0. The van der Waals surface area contributed by atoms with Gasteiger partial charge in [-0.2, -0.15) is 0 Å². The van der Waals surface area contributed by atoms with Crippen molar-refractivity contribution in [3.63, 3.8) is 0 Å². The molecule has 8 heteroatoms. The SMILES string of the molecule is Cc1c(NC(=O)C(C)N(C)CCOc2ccc(F)cc2)c(=O)n(-c2ccccc2)n1C. The van der Waals surface area contributed by atoms with Crippen LogP contribution >= 0.6 is 0 Å². The minimum Gasteiger partial charge on any atom is -0.492 e. The Morgan fingerprint density at radius 2 is 1.81 bits per heavy atom. The van der Waals surface area contributed by atoms with Gasteiger partial charge in [0.25, 0.3) is 5.56 Å². The van der Waals surface area contributed by atoms with Crippen molar-refractivity contribution in [1.82, 2.24) is 14.3 Å². The highest BCUT2D eigenvalue weighted by molar-refractivity contribution is 5.94. The molecule has 3 rings (SSSR count). The summed E-state index contributed by atoms with van der Waals surface area (Å²) in [7, 11) is 3.58. The number of aromatic nitrogens is 2. The lowest BCUT2D eigenvalue weighted by Gasteiger charge is -2.23. The fourth-order valence-electron chi connectivity index (χ4n) is 3.17. The molecule has 0 aliphatic carbocycles. The van der Waals surface area contributed by atoms with Gasteiger partial charge in [-0.05, 0) is 57.3 Å². The Morgan fingerprint density at radius 1 is 1.16 bits per heavy atom. The van der Waals surface area contributed by atoms with Crippen LogP contribution < -0.4 is 15.6 Å². The molecule has 0 spiro atoms. The fourth-order valence-corrected chi connectivity index (χ4v) is 3.17. The van der Waals surface area contributed by atoms with E-state index in [0.717, 1.165) is 5.69 Å². The van der Waals surface area contributed by atoms with E-state index in [-0.39, 0.29) is 23.0 Å². The van der Waals surface area contributed by atoms with E-state index in [9.17, 15) is 14.0 Å². The zero-order valence-electron chi connectivity index (χ0n) is 18.1. The number of hydrogen-bond donors (Lipinski definition) is 1. The lowest BCUT2D eigenvalue weighted by atomic mass is 10.2. The van der Waals surface area contributed by atoms with Crippen LogP contribution in [0.15, 0.2) is 59.4 Å². The normalized spacial score (nSPS) is 12.1. The molecular weight excluding hydrogens is 399 g/mol. The molecule has 1 amide bonds. The van der Waals surface area contributed by atoms with Crippen LogP contribution in [0, 0.1) is 12.7 Å². The van der Waals surface area contributed by atoms with Gasteiger partial charge < -0.3 is 10.1 Å². The van der Waals surface area contributed by atoms with E-state index >= 15 is 0 Å². The maximum Gasteiger partial charge on any atom is 0.295 e. The molecule has 164 valence electrons. The Morgan fingerprint density at radius 3 is 2.45 bits per heavy atom. The summed E-state index contributed by atoms with van der Waals surface area (Å²) in [5.74, 6) is -0.0409. The Labute approximate surface area is 180 Å². The maximum absolute atomic E-state index is 13.0. The zero-order chi connectivity index (χ0) is 22.5. The van der Waals surface area contributed by atoms with E-state index in [0.29, 0.717) is 24.6 Å². The predicted molar refractivity (Wildman–Crippen MR) is 118 cm³/mol. The van der Waals surface area contributed by atoms with Crippen LogP contribution in [0.1, 0.15) is 12.6 Å². The van der Waals surface area contributed by atoms with E-state index in [2.05, 4.69) is 5.32 Å². The molecule has 31 heavy (non-hydrogen) atoms. The number of nitrogens with one attached hydrogen (secondary N) is 1. The van der Waals surface area contributed by atoms with E-state index in [1.54, 1.807) is 44.8 Å². The number of carbonyl (C=O) groups excluding carboxylic acids is 1. The summed E-state index contributed by atoms with van der Waals surface area (Å²) < 4.78 is 21.8. The highest BCUT2D eigenvalue weighted by Gasteiger charge is 2.23. The van der Waals surface area contributed by atoms with Crippen LogP contribution in [-0.2, 0) is 11.8 Å². The molecule has 1 aromatic heterocycles. The largest absolute Gasteiger partial charge is 0.492 e. The first kappa shape index (κ1) is 22.3. The fraction of sp³-hybridized carbons (Fsp3) is 0.304. The lowest BCUT2D eigenvalue weighted by Crippen LogP contribution is -2.42. The molecule has 7 nitrogen and oxygen atoms in total. The molecular formula is C23H27FN4O3. The molecule has 0 saturated heterocycles. The van der Waals surface area contributed by atoms with Crippen molar-refractivity contribution in [3.8, 4) is 11.4 Å². The topological polar surface area (TPSA) is 68.5 Å². The molecule has 1 atom stereocenters. The number of halogens is 1. The number of benzene rings is 2. The predicted octanol–water partition coefficient (Wildman–Crippen LogP) is 2.96. The van der Waals surface area contributed by atoms with Gasteiger partial charge in [-0.25, -0.2) is 9.07 Å². The highest BCUT2D eigenvalue weighted by Crippen LogP contribution is 2.15. The molecule has 0 saturated carbocycles. The van der Waals surface area contributed by atoms with Gasteiger partial charge in [-0.15, -0.1) is 0 Å². The first-order valence-electron chi connectivity index (χ1n) is 10.0. The Hall–Kier alpha value is -3.39.